The van der Waals surface area contributed by atoms with E-state index in [0.717, 1.165) is 4.57 Å². The Morgan fingerprint density at radius 1 is 1.33 bits per heavy atom. The molecular formula is C8H6F3N3S. The number of hydrogen-bond acceptors (Lipinski definition) is 3. The van der Waals surface area contributed by atoms with E-state index in [-0.39, 0.29) is 5.82 Å². The van der Waals surface area contributed by atoms with E-state index in [1.807, 2.05) is 0 Å². The number of thiophene rings is 1. The Kier molecular flexibility index (Phi) is 2.26. The van der Waals surface area contributed by atoms with Crippen molar-refractivity contribution in [1.29, 1.82) is 0 Å². The van der Waals surface area contributed by atoms with Crippen LogP contribution in [-0.4, -0.2) is 14.8 Å². The highest BCUT2D eigenvalue weighted by atomic mass is 32.1. The third-order valence-corrected chi connectivity index (χ3v) is 2.74. The fraction of sp³-hybridized carbons (Fsp3) is 0.250. The van der Waals surface area contributed by atoms with Crippen LogP contribution in [0.2, 0.25) is 0 Å². The largest absolute Gasteiger partial charge is 0.451 e. The van der Waals surface area contributed by atoms with Gasteiger partial charge in [-0.2, -0.15) is 13.2 Å². The molecule has 0 unspecified atom stereocenters. The van der Waals surface area contributed by atoms with Gasteiger partial charge in [-0.1, -0.05) is 6.07 Å². The number of aromatic nitrogens is 3. The summed E-state index contributed by atoms with van der Waals surface area (Å²) in [6.07, 6.45) is -4.46. The Hall–Kier alpha value is -1.37. The van der Waals surface area contributed by atoms with Gasteiger partial charge in [0.1, 0.15) is 0 Å². The smallest absolute Gasteiger partial charge is 0.306 e. The standard InChI is InChI=1S/C8H6F3N3S/c1-14-6(5-3-2-4-15-5)12-13-7(14)8(9,10)11/h2-4H,1H3. The van der Waals surface area contributed by atoms with Crippen molar-refractivity contribution in [2.24, 2.45) is 7.05 Å². The number of hydrogen-bond donors (Lipinski definition) is 0. The number of alkyl halides is 3. The molecule has 0 aromatic carbocycles. The molecule has 80 valence electrons. The normalized spacial score (nSPS) is 12.0. The van der Waals surface area contributed by atoms with Crippen LogP contribution in [0.25, 0.3) is 10.7 Å². The third-order valence-electron chi connectivity index (χ3n) is 1.87. The maximum atomic E-state index is 12.4. The first-order valence-electron chi connectivity index (χ1n) is 4.00. The van der Waals surface area contributed by atoms with Crippen LogP contribution in [0.15, 0.2) is 17.5 Å². The molecule has 0 aliphatic rings. The molecule has 3 nitrogen and oxygen atoms in total. The molecule has 0 atom stereocenters. The van der Waals surface area contributed by atoms with Crippen LogP contribution in [0.5, 0.6) is 0 Å². The zero-order valence-corrected chi connectivity index (χ0v) is 8.43. The highest BCUT2D eigenvalue weighted by Gasteiger charge is 2.37. The second kappa shape index (κ2) is 3.34. The molecule has 2 rings (SSSR count). The maximum Gasteiger partial charge on any atom is 0.451 e. The first-order valence-corrected chi connectivity index (χ1v) is 4.88. The van der Waals surface area contributed by atoms with Crippen LogP contribution in [0.4, 0.5) is 13.2 Å². The molecule has 2 aromatic rings. The highest BCUT2D eigenvalue weighted by Crippen LogP contribution is 2.30. The average molecular weight is 233 g/mol. The van der Waals surface area contributed by atoms with E-state index < -0.39 is 12.0 Å². The predicted octanol–water partition coefficient (Wildman–Crippen LogP) is 2.56. The van der Waals surface area contributed by atoms with E-state index in [1.54, 1.807) is 17.5 Å². The van der Waals surface area contributed by atoms with Gasteiger partial charge in [0, 0.05) is 7.05 Å². The average Bonchev–Trinajstić information content (AvgIpc) is 2.69. The molecule has 15 heavy (non-hydrogen) atoms. The van der Waals surface area contributed by atoms with Crippen molar-refractivity contribution in [1.82, 2.24) is 14.8 Å². The van der Waals surface area contributed by atoms with Gasteiger partial charge in [0.05, 0.1) is 4.88 Å². The third kappa shape index (κ3) is 1.74. The van der Waals surface area contributed by atoms with Crippen molar-refractivity contribution in [3.63, 3.8) is 0 Å². The van der Waals surface area contributed by atoms with E-state index >= 15 is 0 Å². The second-order valence-electron chi connectivity index (χ2n) is 2.88. The van der Waals surface area contributed by atoms with Crippen LogP contribution in [0.1, 0.15) is 5.82 Å². The van der Waals surface area contributed by atoms with E-state index in [9.17, 15) is 13.2 Å². The first-order chi connectivity index (χ1) is 7.00. The fourth-order valence-electron chi connectivity index (χ4n) is 1.20. The van der Waals surface area contributed by atoms with Gasteiger partial charge in [0.15, 0.2) is 5.82 Å². The lowest BCUT2D eigenvalue weighted by Crippen LogP contribution is -2.12. The summed E-state index contributed by atoms with van der Waals surface area (Å²) in [5.74, 6) is -0.747. The maximum absolute atomic E-state index is 12.4. The van der Waals surface area contributed by atoms with Crippen LogP contribution in [-0.2, 0) is 13.2 Å². The Morgan fingerprint density at radius 3 is 2.53 bits per heavy atom. The molecule has 0 amide bonds. The van der Waals surface area contributed by atoms with Crippen LogP contribution < -0.4 is 0 Å². The molecule has 0 radical (unpaired) electrons. The van der Waals surface area contributed by atoms with Crippen molar-refractivity contribution in [3.05, 3.63) is 23.3 Å². The summed E-state index contributed by atoms with van der Waals surface area (Å²) in [5, 5.41) is 8.44. The molecule has 0 fully saturated rings. The van der Waals surface area contributed by atoms with Gasteiger partial charge in [0.2, 0.25) is 5.82 Å². The van der Waals surface area contributed by atoms with Crippen LogP contribution in [0.3, 0.4) is 0 Å². The van der Waals surface area contributed by atoms with Gasteiger partial charge >= 0.3 is 6.18 Å². The molecule has 0 spiro atoms. The van der Waals surface area contributed by atoms with Gasteiger partial charge in [-0.05, 0) is 11.4 Å². The van der Waals surface area contributed by atoms with E-state index in [0.29, 0.717) is 4.88 Å². The number of nitrogens with zero attached hydrogens (tertiary/aromatic N) is 3. The Bertz CT molecular complexity index is 458. The zero-order valence-electron chi connectivity index (χ0n) is 7.62. The Balaban J connectivity index is 2.50. The summed E-state index contributed by atoms with van der Waals surface area (Å²) < 4.78 is 38.1. The Labute approximate surface area is 87.2 Å². The monoisotopic (exact) mass is 233 g/mol. The summed E-state index contributed by atoms with van der Waals surface area (Å²) in [4.78, 5) is 0.667. The molecule has 0 bridgehead atoms. The lowest BCUT2D eigenvalue weighted by molar-refractivity contribution is -0.146. The minimum Gasteiger partial charge on any atom is -0.306 e. The highest BCUT2D eigenvalue weighted by molar-refractivity contribution is 7.13. The lowest BCUT2D eigenvalue weighted by Gasteiger charge is -2.05. The lowest BCUT2D eigenvalue weighted by atomic mass is 10.4. The summed E-state index contributed by atoms with van der Waals surface area (Å²) in [6.45, 7) is 0. The molecule has 0 N–H and O–H groups in total. The molecule has 0 aliphatic heterocycles. The Morgan fingerprint density at radius 2 is 2.07 bits per heavy atom. The number of rotatable bonds is 1. The fourth-order valence-corrected chi connectivity index (χ4v) is 1.94. The van der Waals surface area contributed by atoms with Gasteiger partial charge in [-0.15, -0.1) is 21.5 Å². The van der Waals surface area contributed by atoms with E-state index in [4.69, 9.17) is 0 Å². The van der Waals surface area contributed by atoms with Crippen molar-refractivity contribution in [2.75, 3.05) is 0 Å². The minimum absolute atomic E-state index is 0.234. The van der Waals surface area contributed by atoms with Crippen molar-refractivity contribution < 1.29 is 13.2 Å². The number of halogens is 3. The molecular weight excluding hydrogens is 227 g/mol. The first kappa shape index (κ1) is 10.2. The molecule has 2 aromatic heterocycles. The second-order valence-corrected chi connectivity index (χ2v) is 3.83. The van der Waals surface area contributed by atoms with Gasteiger partial charge in [0.25, 0.3) is 0 Å². The summed E-state index contributed by atoms with van der Waals surface area (Å²) in [6, 6.07) is 3.46. The SMILES string of the molecule is Cn1c(-c2cccs2)nnc1C(F)(F)F. The van der Waals surface area contributed by atoms with Crippen LogP contribution >= 0.6 is 11.3 Å². The quantitative estimate of drug-likeness (QED) is 0.757. The molecule has 0 aliphatic carbocycles. The molecule has 7 heteroatoms. The molecule has 2 heterocycles. The van der Waals surface area contributed by atoms with E-state index in [1.165, 1.54) is 18.4 Å². The van der Waals surface area contributed by atoms with Crippen molar-refractivity contribution in [3.8, 4) is 10.7 Å². The van der Waals surface area contributed by atoms with Crippen molar-refractivity contribution in [2.45, 2.75) is 6.18 Å². The minimum atomic E-state index is -4.46. The zero-order chi connectivity index (χ0) is 11.1. The van der Waals surface area contributed by atoms with Crippen molar-refractivity contribution >= 4 is 11.3 Å². The summed E-state index contributed by atoms with van der Waals surface area (Å²) >= 11 is 1.32. The van der Waals surface area contributed by atoms with Crippen LogP contribution in [0, 0.1) is 0 Å². The summed E-state index contributed by atoms with van der Waals surface area (Å²) in [5.41, 5.74) is 0. The summed E-state index contributed by atoms with van der Waals surface area (Å²) in [7, 11) is 1.30. The molecule has 0 saturated carbocycles. The van der Waals surface area contributed by atoms with E-state index in [2.05, 4.69) is 10.2 Å². The van der Waals surface area contributed by atoms with Gasteiger partial charge in [-0.25, -0.2) is 0 Å². The topological polar surface area (TPSA) is 30.7 Å². The van der Waals surface area contributed by atoms with Gasteiger partial charge in [-0.3, -0.25) is 0 Å². The van der Waals surface area contributed by atoms with Gasteiger partial charge < -0.3 is 4.57 Å². The predicted molar refractivity (Wildman–Crippen MR) is 49.3 cm³/mol. The molecule has 0 saturated heterocycles.